The summed E-state index contributed by atoms with van der Waals surface area (Å²) in [6, 6.07) is 8.64. The average molecular weight is 308 g/mol. The first-order valence-corrected chi connectivity index (χ1v) is 8.88. The molecule has 1 N–H and O–H groups in total. The van der Waals surface area contributed by atoms with Gasteiger partial charge in [-0.2, -0.15) is 0 Å². The molecule has 2 rings (SSSR count). The van der Waals surface area contributed by atoms with Gasteiger partial charge in [0.2, 0.25) is 0 Å². The summed E-state index contributed by atoms with van der Waals surface area (Å²) in [6.07, 6.45) is 6.66. The van der Waals surface area contributed by atoms with E-state index in [-0.39, 0.29) is 0 Å². The van der Waals surface area contributed by atoms with Crippen molar-refractivity contribution in [1.29, 1.82) is 0 Å². The van der Waals surface area contributed by atoms with E-state index in [2.05, 4.69) is 56.9 Å². The van der Waals surface area contributed by atoms with Gasteiger partial charge in [0.15, 0.2) is 0 Å². The SMILES string of the molecule is CCCCc1ccccc1C.CCN1CCC(C)CC1.CO. The van der Waals surface area contributed by atoms with Crippen LogP contribution in [0.1, 0.15) is 57.6 Å². The van der Waals surface area contributed by atoms with Crippen molar-refractivity contribution < 1.29 is 5.11 Å². The van der Waals surface area contributed by atoms with E-state index in [0.29, 0.717) is 0 Å². The lowest BCUT2D eigenvalue weighted by Crippen LogP contribution is -2.32. The van der Waals surface area contributed by atoms with Gasteiger partial charge in [-0.3, -0.25) is 0 Å². The van der Waals surface area contributed by atoms with Crippen LogP contribution in [-0.4, -0.2) is 36.8 Å². The predicted molar refractivity (Wildman–Crippen MR) is 98.4 cm³/mol. The maximum Gasteiger partial charge on any atom is 0.0319 e. The van der Waals surface area contributed by atoms with Gasteiger partial charge < -0.3 is 10.0 Å². The van der Waals surface area contributed by atoms with E-state index in [1.54, 1.807) is 0 Å². The molecule has 128 valence electrons. The van der Waals surface area contributed by atoms with Gasteiger partial charge in [0, 0.05) is 7.11 Å². The van der Waals surface area contributed by atoms with Gasteiger partial charge in [-0.1, -0.05) is 51.5 Å². The molecule has 0 amide bonds. The number of aliphatic hydroxyl groups excluding tert-OH is 1. The zero-order chi connectivity index (χ0) is 16.8. The summed E-state index contributed by atoms with van der Waals surface area (Å²) in [4.78, 5) is 2.53. The van der Waals surface area contributed by atoms with Gasteiger partial charge in [-0.05, 0) is 69.3 Å². The largest absolute Gasteiger partial charge is 0.400 e. The molecule has 1 aromatic rings. The van der Waals surface area contributed by atoms with Crippen molar-refractivity contribution in [3.8, 4) is 0 Å². The third-order valence-electron chi connectivity index (χ3n) is 4.38. The highest BCUT2D eigenvalue weighted by molar-refractivity contribution is 5.25. The normalized spacial score (nSPS) is 15.4. The first kappa shape index (κ1) is 21.1. The zero-order valence-electron chi connectivity index (χ0n) is 15.4. The smallest absolute Gasteiger partial charge is 0.0319 e. The summed E-state index contributed by atoms with van der Waals surface area (Å²) in [7, 11) is 1.00. The molecule has 1 saturated heterocycles. The number of aryl methyl sites for hydroxylation is 2. The highest BCUT2D eigenvalue weighted by atomic mass is 16.2. The average Bonchev–Trinajstić information content (AvgIpc) is 2.57. The van der Waals surface area contributed by atoms with E-state index in [1.807, 2.05) is 0 Å². The molecule has 0 aliphatic carbocycles. The van der Waals surface area contributed by atoms with Gasteiger partial charge in [-0.15, -0.1) is 0 Å². The number of nitrogens with zero attached hydrogens (tertiary/aromatic N) is 1. The maximum atomic E-state index is 7.00. The van der Waals surface area contributed by atoms with E-state index in [9.17, 15) is 0 Å². The molecule has 0 saturated carbocycles. The van der Waals surface area contributed by atoms with Crippen molar-refractivity contribution in [3.63, 3.8) is 0 Å². The molecular formula is C20H37NO. The Morgan fingerprint density at radius 3 is 2.18 bits per heavy atom. The molecule has 1 aliphatic heterocycles. The molecule has 1 aliphatic rings. The Kier molecular flexibility index (Phi) is 13.2. The van der Waals surface area contributed by atoms with Crippen LogP contribution in [0.15, 0.2) is 24.3 Å². The highest BCUT2D eigenvalue weighted by Crippen LogP contribution is 2.14. The van der Waals surface area contributed by atoms with Crippen LogP contribution in [0.25, 0.3) is 0 Å². The summed E-state index contributed by atoms with van der Waals surface area (Å²) < 4.78 is 0. The van der Waals surface area contributed by atoms with Crippen LogP contribution in [0.5, 0.6) is 0 Å². The minimum Gasteiger partial charge on any atom is -0.400 e. The number of likely N-dealkylation sites (tertiary alicyclic amines) is 1. The van der Waals surface area contributed by atoms with Crippen LogP contribution < -0.4 is 0 Å². The van der Waals surface area contributed by atoms with Crippen LogP contribution in [0.2, 0.25) is 0 Å². The first-order valence-electron chi connectivity index (χ1n) is 8.88. The third kappa shape index (κ3) is 9.22. The van der Waals surface area contributed by atoms with Gasteiger partial charge in [-0.25, -0.2) is 0 Å². The van der Waals surface area contributed by atoms with Crippen LogP contribution in [0, 0.1) is 12.8 Å². The summed E-state index contributed by atoms with van der Waals surface area (Å²) in [6.45, 7) is 12.9. The van der Waals surface area contributed by atoms with Crippen molar-refractivity contribution in [2.24, 2.45) is 5.92 Å². The molecular weight excluding hydrogens is 270 g/mol. The highest BCUT2D eigenvalue weighted by Gasteiger charge is 2.12. The summed E-state index contributed by atoms with van der Waals surface area (Å²) >= 11 is 0. The number of hydrogen-bond donors (Lipinski definition) is 1. The van der Waals surface area contributed by atoms with Crippen molar-refractivity contribution in [1.82, 2.24) is 4.90 Å². The van der Waals surface area contributed by atoms with Crippen LogP contribution in [0.4, 0.5) is 0 Å². The molecule has 1 fully saturated rings. The molecule has 1 heterocycles. The fraction of sp³-hybridized carbons (Fsp3) is 0.700. The van der Waals surface area contributed by atoms with Gasteiger partial charge >= 0.3 is 0 Å². The Balaban J connectivity index is 0.000000366. The number of piperidine rings is 1. The molecule has 2 heteroatoms. The number of hydrogen-bond acceptors (Lipinski definition) is 2. The second-order valence-corrected chi connectivity index (χ2v) is 6.15. The molecule has 1 aromatic carbocycles. The fourth-order valence-electron chi connectivity index (χ4n) is 2.64. The Bertz CT molecular complexity index is 356. The van der Waals surface area contributed by atoms with Crippen LogP contribution >= 0.6 is 0 Å². The number of rotatable bonds is 4. The van der Waals surface area contributed by atoms with E-state index in [1.165, 1.54) is 62.9 Å². The number of benzene rings is 1. The lowest BCUT2D eigenvalue weighted by molar-refractivity contribution is 0.201. The molecule has 0 atom stereocenters. The Hall–Kier alpha value is -0.860. The maximum absolute atomic E-state index is 7.00. The Morgan fingerprint density at radius 2 is 1.68 bits per heavy atom. The van der Waals surface area contributed by atoms with Crippen LogP contribution in [0.3, 0.4) is 0 Å². The second kappa shape index (κ2) is 13.8. The number of aliphatic hydroxyl groups is 1. The quantitative estimate of drug-likeness (QED) is 0.872. The topological polar surface area (TPSA) is 23.5 Å². The lowest BCUT2D eigenvalue weighted by Gasteiger charge is -2.28. The standard InChI is InChI=1S/C11H16.C8H17N.CH4O/c1-3-4-8-11-9-6-5-7-10(11)2;1-3-9-6-4-8(2)5-7-9;1-2/h5-7,9H,3-4,8H2,1-2H3;8H,3-7H2,1-2H3;2H,1H3. The summed E-state index contributed by atoms with van der Waals surface area (Å²) in [5.74, 6) is 0.979. The van der Waals surface area contributed by atoms with Gasteiger partial charge in [0.05, 0.1) is 0 Å². The van der Waals surface area contributed by atoms with Crippen LogP contribution in [-0.2, 0) is 6.42 Å². The molecule has 0 aromatic heterocycles. The van der Waals surface area contributed by atoms with Gasteiger partial charge in [0.1, 0.15) is 0 Å². The molecule has 0 bridgehead atoms. The van der Waals surface area contributed by atoms with Gasteiger partial charge in [0.25, 0.3) is 0 Å². The van der Waals surface area contributed by atoms with Crippen molar-refractivity contribution in [2.75, 3.05) is 26.7 Å². The lowest BCUT2D eigenvalue weighted by atomic mass is 9.99. The molecule has 2 nitrogen and oxygen atoms in total. The van der Waals surface area contributed by atoms with Crippen molar-refractivity contribution in [2.45, 2.75) is 59.8 Å². The number of unbranched alkanes of at least 4 members (excludes halogenated alkanes) is 1. The molecule has 22 heavy (non-hydrogen) atoms. The van der Waals surface area contributed by atoms with E-state index in [4.69, 9.17) is 5.11 Å². The van der Waals surface area contributed by atoms with Crippen molar-refractivity contribution in [3.05, 3.63) is 35.4 Å². The van der Waals surface area contributed by atoms with E-state index >= 15 is 0 Å². The van der Waals surface area contributed by atoms with Crippen molar-refractivity contribution >= 4 is 0 Å². The molecule has 0 spiro atoms. The minimum atomic E-state index is 0.979. The summed E-state index contributed by atoms with van der Waals surface area (Å²) in [5.41, 5.74) is 2.94. The monoisotopic (exact) mass is 307 g/mol. The molecule has 0 unspecified atom stereocenters. The van der Waals surface area contributed by atoms with E-state index in [0.717, 1.165) is 13.0 Å². The second-order valence-electron chi connectivity index (χ2n) is 6.15. The molecule has 0 radical (unpaired) electrons. The fourth-order valence-corrected chi connectivity index (χ4v) is 2.64. The predicted octanol–water partition coefficient (Wildman–Crippen LogP) is 4.68. The Morgan fingerprint density at radius 1 is 1.09 bits per heavy atom. The minimum absolute atomic E-state index is 0.979. The zero-order valence-corrected chi connectivity index (χ0v) is 15.4. The van der Waals surface area contributed by atoms with E-state index < -0.39 is 0 Å². The first-order chi connectivity index (χ1) is 10.7. The Labute approximate surface area is 138 Å². The summed E-state index contributed by atoms with van der Waals surface area (Å²) in [5, 5.41) is 7.00. The third-order valence-corrected chi connectivity index (χ3v) is 4.38.